The number of anilines is 1. The largest absolute Gasteiger partial charge is 0.444 e. The van der Waals surface area contributed by atoms with Crippen molar-refractivity contribution in [2.24, 2.45) is 0 Å². The number of hydrogen-bond acceptors (Lipinski definition) is 3. The lowest BCUT2D eigenvalue weighted by Gasteiger charge is -2.26. The van der Waals surface area contributed by atoms with Crippen LogP contribution in [0.3, 0.4) is 0 Å². The lowest BCUT2D eigenvalue weighted by molar-refractivity contribution is -0.136. The van der Waals surface area contributed by atoms with Gasteiger partial charge < -0.3 is 15.0 Å². The highest BCUT2D eigenvalue weighted by Crippen LogP contribution is 2.48. The van der Waals surface area contributed by atoms with Crippen LogP contribution in [0.4, 0.5) is 23.7 Å². The van der Waals surface area contributed by atoms with Gasteiger partial charge in [0.1, 0.15) is 5.60 Å². The molecular weight excluding hydrogens is 337 g/mol. The van der Waals surface area contributed by atoms with Crippen LogP contribution in [-0.2, 0) is 21.1 Å². The van der Waals surface area contributed by atoms with Gasteiger partial charge >= 0.3 is 12.3 Å². The van der Waals surface area contributed by atoms with E-state index >= 15 is 0 Å². The lowest BCUT2D eigenvalue weighted by atomic mass is 9.80. The van der Waals surface area contributed by atoms with Gasteiger partial charge in [0.05, 0.1) is 16.7 Å². The predicted molar refractivity (Wildman–Crippen MR) is 84.2 cm³/mol. The van der Waals surface area contributed by atoms with E-state index in [1.807, 2.05) is 0 Å². The monoisotopic (exact) mass is 356 g/mol. The molecule has 1 atom stereocenters. The van der Waals surface area contributed by atoms with E-state index in [0.717, 1.165) is 6.07 Å². The number of nitrogens with one attached hydrogen (secondary N) is 1. The molecule has 2 heterocycles. The van der Waals surface area contributed by atoms with Gasteiger partial charge in [0.25, 0.3) is 0 Å². The first kappa shape index (κ1) is 17.6. The Morgan fingerprint density at radius 1 is 1.28 bits per heavy atom. The molecule has 2 aliphatic rings. The number of carbonyl (C=O) groups is 2. The van der Waals surface area contributed by atoms with E-state index in [-0.39, 0.29) is 25.2 Å². The minimum absolute atomic E-state index is 0.00204. The minimum atomic E-state index is -4.56. The molecule has 2 amide bonds. The smallest absolute Gasteiger partial charge is 0.418 e. The van der Waals surface area contributed by atoms with Gasteiger partial charge in [-0.05, 0) is 38.8 Å². The van der Waals surface area contributed by atoms with Crippen LogP contribution in [0.5, 0.6) is 0 Å². The molecule has 1 saturated heterocycles. The number of rotatable bonds is 0. The van der Waals surface area contributed by atoms with Gasteiger partial charge in [-0.15, -0.1) is 0 Å². The number of nitrogens with zero attached hydrogens (tertiary/aromatic N) is 1. The summed E-state index contributed by atoms with van der Waals surface area (Å²) in [5.41, 5.74) is -2.63. The molecule has 5 nitrogen and oxygen atoms in total. The number of amides is 2. The van der Waals surface area contributed by atoms with Crippen molar-refractivity contribution in [2.75, 3.05) is 18.4 Å². The van der Waals surface area contributed by atoms with Crippen molar-refractivity contribution in [2.45, 2.75) is 44.4 Å². The molecule has 136 valence electrons. The number of alkyl halides is 3. The maximum absolute atomic E-state index is 13.2. The summed E-state index contributed by atoms with van der Waals surface area (Å²) in [7, 11) is 0. The average molecular weight is 356 g/mol. The number of halogens is 3. The van der Waals surface area contributed by atoms with Crippen LogP contribution in [0.15, 0.2) is 18.2 Å². The number of likely N-dealkylation sites (tertiary alicyclic amines) is 1. The second-order valence-corrected chi connectivity index (χ2v) is 7.41. The summed E-state index contributed by atoms with van der Waals surface area (Å²) < 4.78 is 44.9. The first-order chi connectivity index (χ1) is 11.4. The molecule has 0 aromatic heterocycles. The Balaban J connectivity index is 1.93. The van der Waals surface area contributed by atoms with Crippen LogP contribution in [0.1, 0.15) is 38.3 Å². The van der Waals surface area contributed by atoms with Gasteiger partial charge in [-0.25, -0.2) is 4.79 Å². The second-order valence-electron chi connectivity index (χ2n) is 7.41. The summed E-state index contributed by atoms with van der Waals surface area (Å²) in [6, 6.07) is 3.75. The van der Waals surface area contributed by atoms with Gasteiger partial charge in [-0.2, -0.15) is 13.2 Å². The number of hydrogen-bond donors (Lipinski definition) is 1. The maximum Gasteiger partial charge on any atom is 0.418 e. The molecule has 0 bridgehead atoms. The summed E-state index contributed by atoms with van der Waals surface area (Å²) in [5, 5.41) is 2.38. The first-order valence-corrected chi connectivity index (χ1v) is 7.94. The second kappa shape index (κ2) is 5.37. The summed E-state index contributed by atoms with van der Waals surface area (Å²) in [6.45, 7) is 5.43. The van der Waals surface area contributed by atoms with Crippen molar-refractivity contribution in [3.8, 4) is 0 Å². The zero-order valence-corrected chi connectivity index (χ0v) is 14.2. The van der Waals surface area contributed by atoms with E-state index in [9.17, 15) is 22.8 Å². The van der Waals surface area contributed by atoms with Crippen LogP contribution in [-0.4, -0.2) is 35.6 Å². The van der Waals surface area contributed by atoms with Crippen molar-refractivity contribution in [1.82, 2.24) is 4.90 Å². The Hall–Kier alpha value is -2.25. The molecule has 1 N–H and O–H groups in total. The zero-order chi connectivity index (χ0) is 18.6. The summed E-state index contributed by atoms with van der Waals surface area (Å²) >= 11 is 0. The summed E-state index contributed by atoms with van der Waals surface area (Å²) in [6.07, 6.45) is -4.88. The van der Waals surface area contributed by atoms with Gasteiger partial charge in [0.15, 0.2) is 0 Å². The van der Waals surface area contributed by atoms with Gasteiger partial charge in [0, 0.05) is 13.1 Å². The van der Waals surface area contributed by atoms with E-state index in [2.05, 4.69) is 5.32 Å². The fourth-order valence-corrected chi connectivity index (χ4v) is 3.37. The van der Waals surface area contributed by atoms with Crippen LogP contribution in [0, 0.1) is 0 Å². The number of benzene rings is 1. The van der Waals surface area contributed by atoms with Crippen molar-refractivity contribution in [1.29, 1.82) is 0 Å². The van der Waals surface area contributed by atoms with Crippen LogP contribution in [0.25, 0.3) is 0 Å². The van der Waals surface area contributed by atoms with Gasteiger partial charge in [0.2, 0.25) is 5.91 Å². The Morgan fingerprint density at radius 2 is 1.96 bits per heavy atom. The number of para-hydroxylation sites is 1. The topological polar surface area (TPSA) is 58.6 Å². The Kier molecular flexibility index (Phi) is 3.78. The molecule has 3 rings (SSSR count). The SMILES string of the molecule is CC(C)(C)OC(=O)N1CC[C@]2(C1)C(=O)Nc1c(C(F)(F)F)cccc12. The average Bonchev–Trinajstić information content (AvgIpc) is 3.01. The molecule has 0 radical (unpaired) electrons. The molecule has 8 heteroatoms. The van der Waals surface area contributed by atoms with Gasteiger partial charge in [-0.1, -0.05) is 12.1 Å². The highest BCUT2D eigenvalue weighted by atomic mass is 19.4. The Labute approximate surface area is 143 Å². The third-order valence-electron chi connectivity index (χ3n) is 4.48. The number of carbonyl (C=O) groups excluding carboxylic acids is 2. The molecular formula is C17H19F3N2O3. The third kappa shape index (κ3) is 2.94. The summed E-state index contributed by atoms with van der Waals surface area (Å²) in [5.74, 6) is -0.509. The van der Waals surface area contributed by atoms with E-state index in [1.54, 1.807) is 20.8 Å². The highest BCUT2D eigenvalue weighted by molar-refractivity contribution is 6.07. The van der Waals surface area contributed by atoms with E-state index in [4.69, 9.17) is 4.74 Å². The van der Waals surface area contributed by atoms with Crippen molar-refractivity contribution in [3.63, 3.8) is 0 Å². The normalized spacial score (nSPS) is 23.0. The van der Waals surface area contributed by atoms with E-state index in [1.165, 1.54) is 17.0 Å². The molecule has 25 heavy (non-hydrogen) atoms. The zero-order valence-electron chi connectivity index (χ0n) is 14.2. The molecule has 1 aromatic carbocycles. The molecule has 0 unspecified atom stereocenters. The quantitative estimate of drug-likeness (QED) is 0.774. The lowest BCUT2D eigenvalue weighted by Crippen LogP contribution is -2.41. The first-order valence-electron chi connectivity index (χ1n) is 7.94. The van der Waals surface area contributed by atoms with Crippen molar-refractivity contribution < 1.29 is 27.5 Å². The standard InChI is InChI=1S/C17H19F3N2O3/c1-15(2,3)25-14(24)22-8-7-16(9-22)10-5-4-6-11(17(18,19)20)12(10)21-13(16)23/h4-6H,7-9H2,1-3H3,(H,21,23)/t16-/m1/s1. The molecule has 0 aliphatic carbocycles. The molecule has 0 saturated carbocycles. The molecule has 1 spiro atoms. The van der Waals surface area contributed by atoms with Crippen molar-refractivity contribution in [3.05, 3.63) is 29.3 Å². The minimum Gasteiger partial charge on any atom is -0.444 e. The molecule has 2 aliphatic heterocycles. The van der Waals surface area contributed by atoms with Crippen LogP contribution < -0.4 is 5.32 Å². The fourth-order valence-electron chi connectivity index (χ4n) is 3.37. The molecule has 1 fully saturated rings. The van der Waals surface area contributed by atoms with E-state index in [0.29, 0.717) is 5.56 Å². The maximum atomic E-state index is 13.2. The number of ether oxygens (including phenoxy) is 1. The third-order valence-corrected chi connectivity index (χ3v) is 4.48. The van der Waals surface area contributed by atoms with Crippen LogP contribution >= 0.6 is 0 Å². The van der Waals surface area contributed by atoms with Gasteiger partial charge in [-0.3, -0.25) is 4.79 Å². The van der Waals surface area contributed by atoms with Crippen LogP contribution in [0.2, 0.25) is 0 Å². The predicted octanol–water partition coefficient (Wildman–Crippen LogP) is 3.54. The number of fused-ring (bicyclic) bond motifs is 2. The highest BCUT2D eigenvalue weighted by Gasteiger charge is 2.54. The fraction of sp³-hybridized carbons (Fsp3) is 0.529. The Bertz CT molecular complexity index is 740. The molecule has 1 aromatic rings. The Morgan fingerprint density at radius 3 is 2.56 bits per heavy atom. The summed E-state index contributed by atoms with van der Waals surface area (Å²) in [4.78, 5) is 26.1. The van der Waals surface area contributed by atoms with E-state index < -0.39 is 34.8 Å². The van der Waals surface area contributed by atoms with Crippen molar-refractivity contribution >= 4 is 17.7 Å².